The lowest BCUT2D eigenvalue weighted by molar-refractivity contribution is -0.274. The lowest BCUT2D eigenvalue weighted by Gasteiger charge is -2.38. The van der Waals surface area contributed by atoms with Crippen molar-refractivity contribution in [3.63, 3.8) is 0 Å². The Morgan fingerprint density at radius 3 is 1.93 bits per heavy atom. The summed E-state index contributed by atoms with van der Waals surface area (Å²) in [5, 5.41) is 0. The van der Waals surface area contributed by atoms with Gasteiger partial charge in [-0.15, -0.1) is 13.2 Å². The number of fused-ring (bicyclic) bond motifs is 1. The molecule has 0 fully saturated rings. The highest BCUT2D eigenvalue weighted by Crippen LogP contribution is 2.46. The van der Waals surface area contributed by atoms with Crippen molar-refractivity contribution in [3.8, 4) is 17.2 Å². The zero-order chi connectivity index (χ0) is 31.3. The molecule has 0 saturated heterocycles. The predicted molar refractivity (Wildman–Crippen MR) is 129 cm³/mol. The van der Waals surface area contributed by atoms with E-state index in [1.807, 2.05) is 0 Å². The van der Waals surface area contributed by atoms with Crippen LogP contribution in [0.2, 0.25) is 0 Å². The molecule has 0 aliphatic carbocycles. The molecule has 3 aromatic carbocycles. The van der Waals surface area contributed by atoms with Crippen LogP contribution in [0.25, 0.3) is 0 Å². The van der Waals surface area contributed by atoms with Gasteiger partial charge in [0.15, 0.2) is 0 Å². The minimum atomic E-state index is -5.33. The molecule has 1 atom stereocenters. The number of hydrogen-bond donors (Lipinski definition) is 0. The van der Waals surface area contributed by atoms with Crippen LogP contribution in [0.4, 0.5) is 39.5 Å². The Morgan fingerprint density at radius 1 is 0.786 bits per heavy atom. The molecule has 0 amide bonds. The van der Waals surface area contributed by atoms with Gasteiger partial charge in [0.1, 0.15) is 17.2 Å². The topological polar surface area (TPSA) is 65.1 Å². The van der Waals surface area contributed by atoms with Gasteiger partial charge < -0.3 is 14.2 Å². The van der Waals surface area contributed by atoms with Crippen LogP contribution in [-0.2, 0) is 28.8 Å². The summed E-state index contributed by atoms with van der Waals surface area (Å²) >= 11 is 0. The first-order valence-corrected chi connectivity index (χ1v) is 13.2. The van der Waals surface area contributed by atoms with Crippen molar-refractivity contribution >= 4 is 10.0 Å². The maximum atomic E-state index is 13.9. The third-order valence-electron chi connectivity index (χ3n) is 6.39. The second kappa shape index (κ2) is 10.9. The summed E-state index contributed by atoms with van der Waals surface area (Å²) in [5.74, 6) is -0.450. The molecule has 16 heteroatoms. The third kappa shape index (κ3) is 6.38. The van der Waals surface area contributed by atoms with Crippen LogP contribution in [0.1, 0.15) is 33.9 Å². The van der Waals surface area contributed by atoms with Crippen molar-refractivity contribution in [3.05, 3.63) is 82.4 Å². The fourth-order valence-corrected chi connectivity index (χ4v) is 6.31. The normalized spacial score (nSPS) is 16.6. The van der Waals surface area contributed by atoms with E-state index in [-0.39, 0.29) is 47.2 Å². The van der Waals surface area contributed by atoms with E-state index in [2.05, 4.69) is 4.74 Å². The van der Waals surface area contributed by atoms with E-state index in [9.17, 15) is 47.9 Å². The van der Waals surface area contributed by atoms with Crippen molar-refractivity contribution < 1.29 is 62.1 Å². The van der Waals surface area contributed by atoms with Crippen molar-refractivity contribution in [2.75, 3.05) is 20.8 Å². The van der Waals surface area contributed by atoms with Gasteiger partial charge in [0.2, 0.25) is 10.0 Å². The van der Waals surface area contributed by atoms with Crippen LogP contribution in [-0.4, -0.2) is 39.8 Å². The van der Waals surface area contributed by atoms with Gasteiger partial charge in [0, 0.05) is 18.2 Å². The molecule has 0 spiro atoms. The Morgan fingerprint density at radius 2 is 1.40 bits per heavy atom. The van der Waals surface area contributed by atoms with Crippen LogP contribution >= 0.6 is 0 Å². The van der Waals surface area contributed by atoms with E-state index < -0.39 is 63.1 Å². The highest BCUT2D eigenvalue weighted by Gasteiger charge is 2.43. The van der Waals surface area contributed by atoms with Crippen LogP contribution in [0.3, 0.4) is 0 Å². The van der Waals surface area contributed by atoms with E-state index in [0.717, 1.165) is 18.2 Å². The van der Waals surface area contributed by atoms with Gasteiger partial charge in [-0.2, -0.15) is 30.6 Å². The predicted octanol–water partition coefficient (Wildman–Crippen LogP) is 6.98. The lowest BCUT2D eigenvalue weighted by atomic mass is 9.88. The van der Waals surface area contributed by atoms with Gasteiger partial charge in [-0.05, 0) is 53.9 Å². The van der Waals surface area contributed by atoms with Crippen LogP contribution in [0, 0.1) is 0 Å². The number of sulfonamides is 1. The fraction of sp³-hybridized carbons (Fsp3) is 0.308. The first-order chi connectivity index (χ1) is 19.3. The largest absolute Gasteiger partial charge is 0.573 e. The van der Waals surface area contributed by atoms with Gasteiger partial charge in [-0.25, -0.2) is 8.42 Å². The summed E-state index contributed by atoms with van der Waals surface area (Å²) in [6, 6.07) is 5.41. The summed E-state index contributed by atoms with van der Waals surface area (Å²) < 4.78 is 163. The number of alkyl halides is 9. The number of ether oxygens (including phenoxy) is 3. The van der Waals surface area contributed by atoms with E-state index >= 15 is 0 Å². The van der Waals surface area contributed by atoms with E-state index in [1.165, 1.54) is 32.4 Å². The monoisotopic (exact) mass is 629 g/mol. The molecule has 0 N–H and O–H groups in total. The van der Waals surface area contributed by atoms with Gasteiger partial charge in [-0.3, -0.25) is 0 Å². The molecule has 1 aliphatic rings. The minimum Gasteiger partial charge on any atom is -0.497 e. The van der Waals surface area contributed by atoms with Gasteiger partial charge >= 0.3 is 18.7 Å². The minimum absolute atomic E-state index is 0.0106. The highest BCUT2D eigenvalue weighted by molar-refractivity contribution is 7.89. The summed E-state index contributed by atoms with van der Waals surface area (Å²) in [6.45, 7) is -0.474. The Labute approximate surface area is 233 Å². The highest BCUT2D eigenvalue weighted by atomic mass is 32.2. The second-order valence-electron chi connectivity index (χ2n) is 9.03. The quantitative estimate of drug-likeness (QED) is 0.276. The van der Waals surface area contributed by atoms with Crippen molar-refractivity contribution in [1.29, 1.82) is 0 Å². The molecule has 3 aromatic rings. The standard InChI is InChI=1S/C26H20F9NO5S/c1-39-19-8-14-6-7-36(42(37,38)20-11-16(24(27,28)29)10-17(12-20)25(30,31)32)23(22(14)21(13-19)40-2)15-4-3-5-18(9-15)41-26(33,34)35/h3-5,8-13,23H,6-7H2,1-2H3. The average molecular weight is 629 g/mol. The molecule has 6 nitrogen and oxygen atoms in total. The Kier molecular flexibility index (Phi) is 8.10. The number of rotatable bonds is 6. The summed E-state index contributed by atoms with van der Waals surface area (Å²) in [7, 11) is -2.62. The molecule has 1 aliphatic heterocycles. The number of methoxy groups -OCH3 is 2. The van der Waals surface area contributed by atoms with Gasteiger partial charge in [-0.1, -0.05) is 12.1 Å². The maximum absolute atomic E-state index is 13.9. The Balaban J connectivity index is 1.98. The summed E-state index contributed by atoms with van der Waals surface area (Å²) in [5.41, 5.74) is -3.32. The number of nitrogens with zero attached hydrogens (tertiary/aromatic N) is 1. The molecule has 4 rings (SSSR count). The van der Waals surface area contributed by atoms with Crippen LogP contribution in [0.15, 0.2) is 59.5 Å². The molecule has 228 valence electrons. The average Bonchev–Trinajstić information content (AvgIpc) is 2.89. The van der Waals surface area contributed by atoms with Crippen molar-refractivity contribution in [2.24, 2.45) is 0 Å². The molecular weight excluding hydrogens is 609 g/mol. The third-order valence-corrected chi connectivity index (χ3v) is 8.24. The molecule has 0 radical (unpaired) electrons. The molecule has 0 bridgehead atoms. The molecule has 42 heavy (non-hydrogen) atoms. The van der Waals surface area contributed by atoms with Crippen LogP contribution < -0.4 is 14.2 Å². The van der Waals surface area contributed by atoms with E-state index in [1.54, 1.807) is 0 Å². The first-order valence-electron chi connectivity index (χ1n) is 11.8. The Bertz CT molecular complexity index is 1530. The molecule has 1 heterocycles. The zero-order valence-corrected chi connectivity index (χ0v) is 22.3. The second-order valence-corrected chi connectivity index (χ2v) is 10.9. The zero-order valence-electron chi connectivity index (χ0n) is 21.5. The maximum Gasteiger partial charge on any atom is 0.573 e. The molecule has 0 aromatic heterocycles. The van der Waals surface area contributed by atoms with Crippen molar-refractivity contribution in [2.45, 2.75) is 36.1 Å². The first kappa shape index (κ1) is 31.3. The smallest absolute Gasteiger partial charge is 0.497 e. The van der Waals surface area contributed by atoms with Crippen LogP contribution in [0.5, 0.6) is 17.2 Å². The number of halogens is 9. The molecular formula is C26H20F9NO5S. The van der Waals surface area contributed by atoms with E-state index in [4.69, 9.17) is 9.47 Å². The van der Waals surface area contributed by atoms with Crippen molar-refractivity contribution in [1.82, 2.24) is 4.31 Å². The summed E-state index contributed by atoms with van der Waals surface area (Å²) in [6.07, 6.45) is -15.9. The number of benzene rings is 3. The fourth-order valence-electron chi connectivity index (χ4n) is 4.65. The van der Waals surface area contributed by atoms with Gasteiger partial charge in [0.05, 0.1) is 36.3 Å². The van der Waals surface area contributed by atoms with Gasteiger partial charge in [0.25, 0.3) is 0 Å². The van der Waals surface area contributed by atoms with E-state index in [0.29, 0.717) is 9.87 Å². The number of hydrogen-bond acceptors (Lipinski definition) is 5. The SMILES string of the molecule is COc1cc2c(c(OC)c1)C(c1cccc(OC(F)(F)F)c1)N(S(=O)(=O)c1cc(C(F)(F)F)cc(C(F)(F)F)c1)CC2. The molecule has 0 saturated carbocycles. The Hall–Kier alpha value is -3.66. The summed E-state index contributed by atoms with van der Waals surface area (Å²) in [4.78, 5) is -1.31. The molecule has 1 unspecified atom stereocenters. The lowest BCUT2D eigenvalue weighted by Crippen LogP contribution is -2.41.